The fourth-order valence-electron chi connectivity index (χ4n) is 0.813. The standard InChI is InChI=1S/C6H6O.C6H6.2H3O4P/c7-6-4-2-1-3-5-6;1-2-4-6-5-3-1;2*1-5(2,3)4/h1-5,7H;1-6H;2*(H3,1,2,3,4). The molecule has 0 aromatic heterocycles. The Morgan fingerprint density at radius 1 is 0.522 bits per heavy atom. The van der Waals surface area contributed by atoms with E-state index in [1.165, 1.54) is 0 Å². The number of para-hydroxylation sites is 1. The van der Waals surface area contributed by atoms with E-state index in [-0.39, 0.29) is 0 Å². The Balaban J connectivity index is 0. The molecular formula is C12H18O9P2. The molecule has 0 fully saturated rings. The minimum Gasteiger partial charge on any atom is -0.508 e. The van der Waals surface area contributed by atoms with Crippen LogP contribution in [-0.4, -0.2) is 34.5 Å². The first-order valence-corrected chi connectivity index (χ1v) is 8.83. The number of hydrogen-bond donors (Lipinski definition) is 7. The van der Waals surface area contributed by atoms with Gasteiger partial charge in [-0.1, -0.05) is 54.6 Å². The molecule has 2 aromatic rings. The van der Waals surface area contributed by atoms with Crippen LogP contribution < -0.4 is 0 Å². The van der Waals surface area contributed by atoms with E-state index in [0.29, 0.717) is 5.75 Å². The van der Waals surface area contributed by atoms with Crippen molar-refractivity contribution in [1.82, 2.24) is 0 Å². The second kappa shape index (κ2) is 13.0. The van der Waals surface area contributed by atoms with Gasteiger partial charge in [-0.05, 0) is 12.1 Å². The van der Waals surface area contributed by atoms with E-state index >= 15 is 0 Å². The van der Waals surface area contributed by atoms with Crippen LogP contribution in [0.3, 0.4) is 0 Å². The predicted molar refractivity (Wildman–Crippen MR) is 83.1 cm³/mol. The van der Waals surface area contributed by atoms with Crippen LogP contribution in [0.5, 0.6) is 5.75 Å². The van der Waals surface area contributed by atoms with Crippen LogP contribution in [0.4, 0.5) is 0 Å². The summed E-state index contributed by atoms with van der Waals surface area (Å²) >= 11 is 0. The van der Waals surface area contributed by atoms with Crippen molar-refractivity contribution in [1.29, 1.82) is 0 Å². The molecule has 2 aromatic carbocycles. The first kappa shape index (κ1) is 23.7. The molecule has 2 rings (SSSR count). The smallest absolute Gasteiger partial charge is 0.466 e. The van der Waals surface area contributed by atoms with Gasteiger partial charge in [0.15, 0.2) is 0 Å². The van der Waals surface area contributed by atoms with E-state index in [0.717, 1.165) is 0 Å². The topological polar surface area (TPSA) is 176 Å². The van der Waals surface area contributed by atoms with Crippen molar-refractivity contribution in [3.63, 3.8) is 0 Å². The largest absolute Gasteiger partial charge is 0.508 e. The summed E-state index contributed by atoms with van der Waals surface area (Å²) in [5.41, 5.74) is 0. The quantitative estimate of drug-likeness (QED) is 0.337. The van der Waals surface area contributed by atoms with Crippen LogP contribution in [0.15, 0.2) is 66.7 Å². The fourth-order valence-corrected chi connectivity index (χ4v) is 0.813. The molecule has 0 aliphatic carbocycles. The second-order valence-electron chi connectivity index (χ2n) is 3.52. The van der Waals surface area contributed by atoms with Crippen molar-refractivity contribution >= 4 is 15.6 Å². The molecule has 130 valence electrons. The molecule has 7 N–H and O–H groups in total. The summed E-state index contributed by atoms with van der Waals surface area (Å²) in [7, 11) is -9.28. The minimum absolute atomic E-state index is 0.322. The number of phenolic OH excluding ortho intramolecular Hbond substituents is 1. The van der Waals surface area contributed by atoms with Crippen molar-refractivity contribution < 1.29 is 43.6 Å². The molecule has 9 nitrogen and oxygen atoms in total. The first-order chi connectivity index (χ1) is 10.4. The number of phosphoric acid groups is 2. The van der Waals surface area contributed by atoms with Crippen molar-refractivity contribution in [2.24, 2.45) is 0 Å². The molecule has 0 heterocycles. The van der Waals surface area contributed by atoms with Gasteiger partial charge in [-0.25, -0.2) is 9.13 Å². The summed E-state index contributed by atoms with van der Waals surface area (Å²) in [6, 6.07) is 20.7. The predicted octanol–water partition coefficient (Wildman–Crippen LogP) is 1.22. The molecule has 0 saturated heterocycles. The maximum atomic E-state index is 8.88. The molecule has 0 amide bonds. The summed E-state index contributed by atoms with van der Waals surface area (Å²) < 4.78 is 17.8. The van der Waals surface area contributed by atoms with Crippen LogP contribution >= 0.6 is 15.6 Å². The van der Waals surface area contributed by atoms with E-state index in [1.54, 1.807) is 24.3 Å². The fraction of sp³-hybridized carbons (Fsp3) is 0. The third-order valence-electron chi connectivity index (χ3n) is 1.42. The zero-order valence-electron chi connectivity index (χ0n) is 11.7. The summed E-state index contributed by atoms with van der Waals surface area (Å²) in [5.74, 6) is 0.322. The van der Waals surface area contributed by atoms with E-state index in [2.05, 4.69) is 0 Å². The van der Waals surface area contributed by atoms with Gasteiger partial charge in [0.1, 0.15) is 5.75 Å². The number of rotatable bonds is 0. The lowest BCUT2D eigenvalue weighted by atomic mass is 10.3. The lowest BCUT2D eigenvalue weighted by molar-refractivity contribution is 0.272. The maximum Gasteiger partial charge on any atom is 0.466 e. The van der Waals surface area contributed by atoms with Crippen LogP contribution in [-0.2, 0) is 9.13 Å². The number of aromatic hydroxyl groups is 1. The Hall–Kier alpha value is -1.54. The Labute approximate surface area is 132 Å². The van der Waals surface area contributed by atoms with E-state index in [4.69, 9.17) is 43.6 Å². The third-order valence-corrected chi connectivity index (χ3v) is 1.42. The normalized spacial score (nSPS) is 9.83. The molecule has 0 radical (unpaired) electrons. The summed E-state index contributed by atoms with van der Waals surface area (Å²) in [6.07, 6.45) is 0. The van der Waals surface area contributed by atoms with Gasteiger partial charge in [0, 0.05) is 0 Å². The van der Waals surface area contributed by atoms with Gasteiger partial charge < -0.3 is 34.5 Å². The lowest BCUT2D eigenvalue weighted by Gasteiger charge is -1.82. The summed E-state index contributed by atoms with van der Waals surface area (Å²) in [6.45, 7) is 0. The van der Waals surface area contributed by atoms with Crippen LogP contribution in [0.2, 0.25) is 0 Å². The highest BCUT2D eigenvalue weighted by molar-refractivity contribution is 7.45. The van der Waals surface area contributed by atoms with Crippen LogP contribution in [0.25, 0.3) is 0 Å². The Kier molecular flexibility index (Phi) is 13.4. The molecule has 0 aliphatic rings. The highest BCUT2D eigenvalue weighted by Crippen LogP contribution is 2.26. The second-order valence-corrected chi connectivity index (χ2v) is 5.57. The maximum absolute atomic E-state index is 8.88. The Morgan fingerprint density at radius 2 is 0.696 bits per heavy atom. The SMILES string of the molecule is O=P(O)(O)O.O=P(O)(O)O.Oc1ccccc1.c1ccccc1. The van der Waals surface area contributed by atoms with Gasteiger partial charge in [-0.15, -0.1) is 0 Å². The van der Waals surface area contributed by atoms with Gasteiger partial charge in [0.05, 0.1) is 0 Å². The lowest BCUT2D eigenvalue weighted by Crippen LogP contribution is -1.66. The Bertz CT molecular complexity index is 517. The summed E-state index contributed by atoms with van der Waals surface area (Å²) in [4.78, 5) is 43.1. The highest BCUT2D eigenvalue weighted by Gasteiger charge is 2.00. The molecule has 23 heavy (non-hydrogen) atoms. The first-order valence-electron chi connectivity index (χ1n) is 5.70. The van der Waals surface area contributed by atoms with E-state index in [9.17, 15) is 0 Å². The molecule has 11 heteroatoms. The molecule has 0 unspecified atom stereocenters. The Morgan fingerprint density at radius 3 is 0.826 bits per heavy atom. The molecular weight excluding hydrogens is 350 g/mol. The van der Waals surface area contributed by atoms with E-state index < -0.39 is 15.6 Å². The zero-order valence-corrected chi connectivity index (χ0v) is 13.5. The number of phenols is 1. The highest BCUT2D eigenvalue weighted by atomic mass is 31.2. The number of benzene rings is 2. The van der Waals surface area contributed by atoms with Crippen LogP contribution in [0, 0.1) is 0 Å². The summed E-state index contributed by atoms with van der Waals surface area (Å²) in [5, 5.41) is 8.63. The van der Waals surface area contributed by atoms with Crippen LogP contribution in [0.1, 0.15) is 0 Å². The van der Waals surface area contributed by atoms with Gasteiger partial charge in [-0.2, -0.15) is 0 Å². The molecule has 0 saturated carbocycles. The third kappa shape index (κ3) is 44.9. The van der Waals surface area contributed by atoms with Crippen molar-refractivity contribution in [2.45, 2.75) is 0 Å². The van der Waals surface area contributed by atoms with Crippen molar-refractivity contribution in [3.8, 4) is 5.75 Å². The average molecular weight is 368 g/mol. The average Bonchev–Trinajstić information content (AvgIpc) is 2.38. The molecule has 0 spiro atoms. The monoisotopic (exact) mass is 368 g/mol. The molecule has 0 bridgehead atoms. The van der Waals surface area contributed by atoms with Gasteiger partial charge >= 0.3 is 15.6 Å². The van der Waals surface area contributed by atoms with Gasteiger partial charge in [-0.3, -0.25) is 0 Å². The van der Waals surface area contributed by atoms with Crippen molar-refractivity contribution in [2.75, 3.05) is 0 Å². The van der Waals surface area contributed by atoms with Gasteiger partial charge in [0.2, 0.25) is 0 Å². The molecule has 0 aliphatic heterocycles. The zero-order chi connectivity index (χ0) is 18.4. The van der Waals surface area contributed by atoms with E-state index in [1.807, 2.05) is 42.5 Å². The molecule has 0 atom stereocenters. The minimum atomic E-state index is -4.64. The van der Waals surface area contributed by atoms with Crippen molar-refractivity contribution in [3.05, 3.63) is 66.7 Å². The van der Waals surface area contributed by atoms with Gasteiger partial charge in [0.25, 0.3) is 0 Å². The number of hydrogen-bond acceptors (Lipinski definition) is 3.